The molecule has 114 valence electrons. The lowest BCUT2D eigenvalue weighted by Crippen LogP contribution is -1.89. The van der Waals surface area contributed by atoms with E-state index in [-0.39, 0.29) is 0 Å². The van der Waals surface area contributed by atoms with Crippen molar-refractivity contribution in [2.24, 2.45) is 10.2 Å². The standard InChI is InChI=1S/C21H20N2/c1-15-13-18(14-16(2)17(15)3)20-11-7-8-12-21(20)23-22-19-9-5-4-6-10-19/h4-14H,1-3H3. The van der Waals surface area contributed by atoms with Gasteiger partial charge in [0.25, 0.3) is 0 Å². The molecule has 0 radical (unpaired) electrons. The van der Waals surface area contributed by atoms with Gasteiger partial charge >= 0.3 is 0 Å². The molecule has 0 aliphatic rings. The van der Waals surface area contributed by atoms with Crippen LogP contribution in [0.25, 0.3) is 11.1 Å². The first-order chi connectivity index (χ1) is 11.1. The Hall–Kier alpha value is -2.74. The molecule has 0 N–H and O–H groups in total. The van der Waals surface area contributed by atoms with E-state index in [1.165, 1.54) is 22.3 Å². The van der Waals surface area contributed by atoms with E-state index in [0.29, 0.717) is 0 Å². The van der Waals surface area contributed by atoms with Crippen LogP contribution in [0.5, 0.6) is 0 Å². The van der Waals surface area contributed by atoms with Crippen molar-refractivity contribution in [2.75, 3.05) is 0 Å². The third-order valence-electron chi connectivity index (χ3n) is 4.17. The van der Waals surface area contributed by atoms with E-state index < -0.39 is 0 Å². The summed E-state index contributed by atoms with van der Waals surface area (Å²) in [5.74, 6) is 0. The summed E-state index contributed by atoms with van der Waals surface area (Å²) < 4.78 is 0. The van der Waals surface area contributed by atoms with Crippen molar-refractivity contribution in [2.45, 2.75) is 20.8 Å². The van der Waals surface area contributed by atoms with Crippen LogP contribution in [-0.4, -0.2) is 0 Å². The van der Waals surface area contributed by atoms with Crippen molar-refractivity contribution in [3.63, 3.8) is 0 Å². The molecule has 23 heavy (non-hydrogen) atoms. The van der Waals surface area contributed by atoms with Gasteiger partial charge in [0.05, 0.1) is 11.4 Å². The average molecular weight is 300 g/mol. The van der Waals surface area contributed by atoms with Crippen LogP contribution in [0.3, 0.4) is 0 Å². The maximum atomic E-state index is 4.46. The predicted octanol–water partition coefficient (Wildman–Crippen LogP) is 6.69. The number of azo groups is 1. The number of nitrogens with zero attached hydrogens (tertiary/aromatic N) is 2. The molecule has 3 rings (SSSR count). The van der Waals surface area contributed by atoms with Crippen molar-refractivity contribution in [1.82, 2.24) is 0 Å². The molecular weight excluding hydrogens is 280 g/mol. The van der Waals surface area contributed by atoms with Crippen molar-refractivity contribution < 1.29 is 0 Å². The average Bonchev–Trinajstić information content (AvgIpc) is 2.58. The van der Waals surface area contributed by atoms with E-state index in [0.717, 1.165) is 16.9 Å². The Morgan fingerprint density at radius 2 is 1.26 bits per heavy atom. The summed E-state index contributed by atoms with van der Waals surface area (Å²) >= 11 is 0. The maximum Gasteiger partial charge on any atom is 0.0935 e. The topological polar surface area (TPSA) is 24.7 Å². The first-order valence-corrected chi connectivity index (χ1v) is 7.79. The van der Waals surface area contributed by atoms with Gasteiger partial charge in [-0.3, -0.25) is 0 Å². The summed E-state index contributed by atoms with van der Waals surface area (Å²) in [5.41, 5.74) is 7.99. The molecule has 3 aromatic rings. The molecule has 2 nitrogen and oxygen atoms in total. The quantitative estimate of drug-likeness (QED) is 0.481. The van der Waals surface area contributed by atoms with Crippen molar-refractivity contribution in [1.29, 1.82) is 0 Å². The Kier molecular flexibility index (Phi) is 4.33. The highest BCUT2D eigenvalue weighted by molar-refractivity contribution is 5.77. The molecule has 0 saturated carbocycles. The molecule has 0 saturated heterocycles. The van der Waals surface area contributed by atoms with Gasteiger partial charge in [-0.05, 0) is 61.2 Å². The Balaban J connectivity index is 2.03. The van der Waals surface area contributed by atoms with Gasteiger partial charge in [-0.1, -0.05) is 48.5 Å². The van der Waals surface area contributed by atoms with Gasteiger partial charge in [0.1, 0.15) is 0 Å². The van der Waals surface area contributed by atoms with Gasteiger partial charge in [-0.15, -0.1) is 5.11 Å². The van der Waals surface area contributed by atoms with Gasteiger partial charge < -0.3 is 0 Å². The summed E-state index contributed by atoms with van der Waals surface area (Å²) in [4.78, 5) is 0. The second kappa shape index (κ2) is 6.57. The zero-order valence-corrected chi connectivity index (χ0v) is 13.7. The SMILES string of the molecule is Cc1cc(-c2ccccc2N=Nc2ccccc2)cc(C)c1C. The summed E-state index contributed by atoms with van der Waals surface area (Å²) in [5, 5.41) is 8.81. The Labute approximate surface area is 137 Å². The summed E-state index contributed by atoms with van der Waals surface area (Å²) in [7, 11) is 0. The number of rotatable bonds is 3. The van der Waals surface area contributed by atoms with Crippen LogP contribution in [0.4, 0.5) is 11.4 Å². The Morgan fingerprint density at radius 3 is 1.96 bits per heavy atom. The van der Waals surface area contributed by atoms with Crippen LogP contribution in [-0.2, 0) is 0 Å². The van der Waals surface area contributed by atoms with E-state index in [2.05, 4.69) is 49.2 Å². The van der Waals surface area contributed by atoms with E-state index in [1.807, 2.05) is 48.5 Å². The highest BCUT2D eigenvalue weighted by Gasteiger charge is 2.07. The van der Waals surface area contributed by atoms with E-state index >= 15 is 0 Å². The minimum Gasteiger partial charge on any atom is -0.151 e. The molecule has 0 bridgehead atoms. The predicted molar refractivity (Wildman–Crippen MR) is 96.7 cm³/mol. The Morgan fingerprint density at radius 1 is 0.652 bits per heavy atom. The molecular formula is C21H20N2. The van der Waals surface area contributed by atoms with Crippen molar-refractivity contribution in [3.05, 3.63) is 83.4 Å². The molecule has 0 amide bonds. The van der Waals surface area contributed by atoms with Crippen molar-refractivity contribution >= 4 is 11.4 Å². The minimum absolute atomic E-state index is 0.860. The second-order valence-corrected chi connectivity index (χ2v) is 5.79. The van der Waals surface area contributed by atoms with Crippen LogP contribution < -0.4 is 0 Å². The third kappa shape index (κ3) is 3.37. The fraction of sp³-hybridized carbons (Fsp3) is 0.143. The lowest BCUT2D eigenvalue weighted by molar-refractivity contribution is 1.23. The normalized spacial score (nSPS) is 11.1. The molecule has 0 unspecified atom stereocenters. The molecule has 0 fully saturated rings. The highest BCUT2D eigenvalue weighted by Crippen LogP contribution is 2.33. The van der Waals surface area contributed by atoms with Crippen molar-refractivity contribution in [3.8, 4) is 11.1 Å². The van der Waals surface area contributed by atoms with Crippen LogP contribution in [0.15, 0.2) is 77.0 Å². The first kappa shape index (κ1) is 15.2. The molecule has 0 aromatic heterocycles. The molecule has 3 aromatic carbocycles. The molecule has 2 heteroatoms. The Bertz CT molecular complexity index is 826. The molecule has 0 heterocycles. The maximum absolute atomic E-state index is 4.46. The third-order valence-corrected chi connectivity index (χ3v) is 4.17. The smallest absolute Gasteiger partial charge is 0.0935 e. The van der Waals surface area contributed by atoms with E-state index in [1.54, 1.807) is 0 Å². The molecule has 0 aliphatic heterocycles. The fourth-order valence-electron chi connectivity index (χ4n) is 2.60. The summed E-state index contributed by atoms with van der Waals surface area (Å²) in [6, 6.07) is 22.4. The lowest BCUT2D eigenvalue weighted by atomic mass is 9.96. The largest absolute Gasteiger partial charge is 0.151 e. The fourth-order valence-corrected chi connectivity index (χ4v) is 2.60. The lowest BCUT2D eigenvalue weighted by Gasteiger charge is -2.11. The zero-order valence-electron chi connectivity index (χ0n) is 13.7. The van der Waals surface area contributed by atoms with Crippen LogP contribution in [0, 0.1) is 20.8 Å². The van der Waals surface area contributed by atoms with Gasteiger partial charge in [-0.2, -0.15) is 5.11 Å². The van der Waals surface area contributed by atoms with E-state index in [9.17, 15) is 0 Å². The second-order valence-electron chi connectivity index (χ2n) is 5.79. The van der Waals surface area contributed by atoms with Gasteiger partial charge in [0, 0.05) is 5.56 Å². The molecule has 0 spiro atoms. The zero-order chi connectivity index (χ0) is 16.2. The molecule has 0 atom stereocenters. The van der Waals surface area contributed by atoms with Crippen LogP contribution >= 0.6 is 0 Å². The van der Waals surface area contributed by atoms with Crippen LogP contribution in [0.1, 0.15) is 16.7 Å². The van der Waals surface area contributed by atoms with Crippen LogP contribution in [0.2, 0.25) is 0 Å². The highest BCUT2D eigenvalue weighted by atomic mass is 15.1. The van der Waals surface area contributed by atoms with Gasteiger partial charge in [0.2, 0.25) is 0 Å². The van der Waals surface area contributed by atoms with E-state index in [4.69, 9.17) is 0 Å². The first-order valence-electron chi connectivity index (χ1n) is 7.79. The van der Waals surface area contributed by atoms with Gasteiger partial charge in [0.15, 0.2) is 0 Å². The number of benzene rings is 3. The minimum atomic E-state index is 0.860. The monoisotopic (exact) mass is 300 g/mol. The van der Waals surface area contributed by atoms with Gasteiger partial charge in [-0.25, -0.2) is 0 Å². The summed E-state index contributed by atoms with van der Waals surface area (Å²) in [6.45, 7) is 6.47. The molecule has 0 aliphatic carbocycles. The number of hydrogen-bond acceptors (Lipinski definition) is 2. The number of aryl methyl sites for hydroxylation is 2. The summed E-state index contributed by atoms with van der Waals surface area (Å²) in [6.07, 6.45) is 0. The number of hydrogen-bond donors (Lipinski definition) is 0.